The number of ether oxygens (including phenoxy) is 2. The Morgan fingerprint density at radius 2 is 1.88 bits per heavy atom. The van der Waals surface area contributed by atoms with Gasteiger partial charge < -0.3 is 20.2 Å². The maximum absolute atomic E-state index is 6.11. The molecule has 0 radical (unpaired) electrons. The zero-order valence-corrected chi connectivity index (χ0v) is 15.1. The maximum Gasteiger partial charge on any atom is 0.161 e. The smallest absolute Gasteiger partial charge is 0.161 e. The van der Waals surface area contributed by atoms with Crippen molar-refractivity contribution in [2.24, 2.45) is 5.73 Å². The predicted octanol–water partition coefficient (Wildman–Crippen LogP) is 4.25. The van der Waals surface area contributed by atoms with Gasteiger partial charge in [0.25, 0.3) is 0 Å². The number of aromatic amines is 1. The van der Waals surface area contributed by atoms with E-state index in [1.54, 1.807) is 7.11 Å². The number of methoxy groups -OCH3 is 1. The number of rotatable bonds is 7. The molecule has 4 nitrogen and oxygen atoms in total. The highest BCUT2D eigenvalue weighted by Gasteiger charge is 2.16. The summed E-state index contributed by atoms with van der Waals surface area (Å²) in [6.07, 6.45) is 3.04. The second-order valence-electron chi connectivity index (χ2n) is 6.58. The van der Waals surface area contributed by atoms with Crippen LogP contribution in [0.4, 0.5) is 0 Å². The monoisotopic (exact) mass is 338 g/mol. The number of fused-ring (bicyclic) bond motifs is 1. The molecule has 0 spiro atoms. The molecule has 0 amide bonds. The van der Waals surface area contributed by atoms with Gasteiger partial charge in [0.15, 0.2) is 11.5 Å². The van der Waals surface area contributed by atoms with Crippen LogP contribution in [0.25, 0.3) is 10.9 Å². The number of H-pyrrole nitrogens is 1. The van der Waals surface area contributed by atoms with E-state index in [0.717, 1.165) is 23.4 Å². The molecule has 0 fully saturated rings. The molecular weight excluding hydrogens is 312 g/mol. The van der Waals surface area contributed by atoms with Gasteiger partial charge in [0.1, 0.15) is 0 Å². The summed E-state index contributed by atoms with van der Waals surface area (Å²) in [6, 6.07) is 14.5. The van der Waals surface area contributed by atoms with E-state index in [1.807, 2.05) is 26.0 Å². The summed E-state index contributed by atoms with van der Waals surface area (Å²) in [5.41, 5.74) is 9.71. The van der Waals surface area contributed by atoms with E-state index in [1.165, 1.54) is 16.5 Å². The van der Waals surface area contributed by atoms with Crippen molar-refractivity contribution < 1.29 is 9.47 Å². The Labute approximate surface area is 149 Å². The molecule has 0 bridgehead atoms. The summed E-state index contributed by atoms with van der Waals surface area (Å²) >= 11 is 0. The van der Waals surface area contributed by atoms with Crippen LogP contribution in [0.3, 0.4) is 0 Å². The van der Waals surface area contributed by atoms with Gasteiger partial charge in [0.2, 0.25) is 0 Å². The molecule has 0 aliphatic rings. The first-order chi connectivity index (χ1) is 12.1. The van der Waals surface area contributed by atoms with Crippen LogP contribution in [0.1, 0.15) is 30.9 Å². The van der Waals surface area contributed by atoms with E-state index < -0.39 is 0 Å². The van der Waals surface area contributed by atoms with Crippen LogP contribution in [0.5, 0.6) is 11.5 Å². The van der Waals surface area contributed by atoms with Crippen molar-refractivity contribution in [2.75, 3.05) is 13.7 Å². The van der Waals surface area contributed by atoms with Crippen LogP contribution >= 0.6 is 0 Å². The SMILES string of the molecule is COc1ccc(CC(CN)c2c[nH]c3ccccc23)cc1OC(C)C. The van der Waals surface area contributed by atoms with Crippen molar-refractivity contribution in [3.8, 4) is 11.5 Å². The Bertz CT molecular complexity index is 839. The minimum absolute atomic E-state index is 0.100. The molecule has 2 aromatic carbocycles. The van der Waals surface area contributed by atoms with Crippen LogP contribution in [-0.2, 0) is 6.42 Å². The van der Waals surface area contributed by atoms with E-state index >= 15 is 0 Å². The van der Waals surface area contributed by atoms with Gasteiger partial charge in [-0.15, -0.1) is 0 Å². The summed E-state index contributed by atoms with van der Waals surface area (Å²) in [7, 11) is 1.66. The summed E-state index contributed by atoms with van der Waals surface area (Å²) in [4.78, 5) is 3.34. The van der Waals surface area contributed by atoms with Crippen molar-refractivity contribution in [1.29, 1.82) is 0 Å². The predicted molar refractivity (Wildman–Crippen MR) is 103 cm³/mol. The van der Waals surface area contributed by atoms with Gasteiger partial charge in [-0.05, 0) is 56.1 Å². The van der Waals surface area contributed by atoms with Crippen molar-refractivity contribution in [3.63, 3.8) is 0 Å². The molecule has 25 heavy (non-hydrogen) atoms. The van der Waals surface area contributed by atoms with Gasteiger partial charge in [-0.3, -0.25) is 0 Å². The van der Waals surface area contributed by atoms with Crippen molar-refractivity contribution >= 4 is 10.9 Å². The van der Waals surface area contributed by atoms with Crippen LogP contribution in [0, 0.1) is 0 Å². The van der Waals surface area contributed by atoms with Crippen LogP contribution in [0.15, 0.2) is 48.7 Å². The number of aromatic nitrogens is 1. The highest BCUT2D eigenvalue weighted by molar-refractivity contribution is 5.83. The minimum Gasteiger partial charge on any atom is -0.493 e. The molecule has 3 aromatic rings. The summed E-state index contributed by atoms with van der Waals surface area (Å²) in [5, 5.41) is 1.24. The largest absolute Gasteiger partial charge is 0.493 e. The zero-order valence-electron chi connectivity index (χ0n) is 15.1. The normalized spacial score (nSPS) is 12.5. The molecule has 3 rings (SSSR count). The standard InChI is InChI=1S/C21H26N2O2/c1-14(2)25-21-11-15(8-9-20(21)24-3)10-16(12-22)18-13-23-19-7-5-4-6-17(18)19/h4-9,11,13-14,16,23H,10,12,22H2,1-3H3. The zero-order chi connectivity index (χ0) is 17.8. The fraction of sp³-hybridized carbons (Fsp3) is 0.333. The average Bonchev–Trinajstić information content (AvgIpc) is 3.03. The van der Waals surface area contributed by atoms with Crippen LogP contribution < -0.4 is 15.2 Å². The lowest BCUT2D eigenvalue weighted by molar-refractivity contribution is 0.230. The number of nitrogens with two attached hydrogens (primary N) is 1. The lowest BCUT2D eigenvalue weighted by Gasteiger charge is -2.18. The molecule has 132 valence electrons. The third-order valence-electron chi connectivity index (χ3n) is 4.42. The molecule has 1 heterocycles. The lowest BCUT2D eigenvalue weighted by Crippen LogP contribution is -2.15. The Balaban J connectivity index is 1.89. The van der Waals surface area contributed by atoms with Gasteiger partial charge in [-0.1, -0.05) is 24.3 Å². The Morgan fingerprint density at radius 1 is 1.08 bits per heavy atom. The van der Waals surface area contributed by atoms with Gasteiger partial charge in [0, 0.05) is 23.0 Å². The maximum atomic E-state index is 6.11. The fourth-order valence-electron chi connectivity index (χ4n) is 3.23. The third-order valence-corrected chi connectivity index (χ3v) is 4.42. The molecule has 0 aliphatic heterocycles. The molecule has 1 aromatic heterocycles. The van der Waals surface area contributed by atoms with E-state index in [-0.39, 0.29) is 12.0 Å². The number of hydrogen-bond donors (Lipinski definition) is 2. The number of hydrogen-bond acceptors (Lipinski definition) is 3. The topological polar surface area (TPSA) is 60.3 Å². The number of benzene rings is 2. The minimum atomic E-state index is 0.100. The molecule has 3 N–H and O–H groups in total. The first-order valence-electron chi connectivity index (χ1n) is 8.72. The molecule has 0 aliphatic carbocycles. The molecule has 4 heteroatoms. The molecule has 0 saturated heterocycles. The van der Waals surface area contributed by atoms with E-state index in [0.29, 0.717) is 6.54 Å². The highest BCUT2D eigenvalue weighted by atomic mass is 16.5. The van der Waals surface area contributed by atoms with Gasteiger partial charge in [-0.2, -0.15) is 0 Å². The second kappa shape index (κ2) is 7.62. The molecule has 0 saturated carbocycles. The quantitative estimate of drug-likeness (QED) is 0.677. The third kappa shape index (κ3) is 3.80. The van der Waals surface area contributed by atoms with Gasteiger partial charge >= 0.3 is 0 Å². The molecule has 1 unspecified atom stereocenters. The van der Waals surface area contributed by atoms with Crippen molar-refractivity contribution in [2.45, 2.75) is 32.3 Å². The second-order valence-corrected chi connectivity index (χ2v) is 6.58. The Kier molecular flexibility index (Phi) is 5.29. The molecule has 1 atom stereocenters. The lowest BCUT2D eigenvalue weighted by atomic mass is 9.91. The number of para-hydroxylation sites is 1. The highest BCUT2D eigenvalue weighted by Crippen LogP contribution is 2.32. The van der Waals surface area contributed by atoms with E-state index in [2.05, 4.69) is 41.5 Å². The van der Waals surface area contributed by atoms with Gasteiger partial charge in [0.05, 0.1) is 13.2 Å². The Hall–Kier alpha value is -2.46. The Morgan fingerprint density at radius 3 is 2.60 bits per heavy atom. The van der Waals surface area contributed by atoms with Gasteiger partial charge in [-0.25, -0.2) is 0 Å². The van der Waals surface area contributed by atoms with E-state index in [9.17, 15) is 0 Å². The van der Waals surface area contributed by atoms with Crippen LogP contribution in [-0.4, -0.2) is 24.7 Å². The summed E-state index contributed by atoms with van der Waals surface area (Å²) in [6.45, 7) is 4.62. The molecular formula is C21H26N2O2. The van der Waals surface area contributed by atoms with Crippen molar-refractivity contribution in [1.82, 2.24) is 4.98 Å². The summed E-state index contributed by atoms with van der Waals surface area (Å²) < 4.78 is 11.3. The summed E-state index contributed by atoms with van der Waals surface area (Å²) in [5.74, 6) is 1.79. The van der Waals surface area contributed by atoms with Crippen LogP contribution in [0.2, 0.25) is 0 Å². The number of nitrogens with one attached hydrogen (secondary N) is 1. The fourth-order valence-corrected chi connectivity index (χ4v) is 3.23. The first kappa shape index (κ1) is 17.4. The average molecular weight is 338 g/mol. The van der Waals surface area contributed by atoms with Crippen molar-refractivity contribution in [3.05, 3.63) is 59.8 Å². The van der Waals surface area contributed by atoms with E-state index in [4.69, 9.17) is 15.2 Å². The first-order valence-corrected chi connectivity index (χ1v) is 8.72.